The zero-order chi connectivity index (χ0) is 13.7. The van der Waals surface area contributed by atoms with Gasteiger partial charge >= 0.3 is 5.97 Å². The van der Waals surface area contributed by atoms with E-state index in [9.17, 15) is 13.2 Å². The van der Waals surface area contributed by atoms with Crippen LogP contribution in [0.5, 0.6) is 0 Å². The molecule has 0 unspecified atom stereocenters. The van der Waals surface area contributed by atoms with E-state index in [1.807, 2.05) is 13.8 Å². The summed E-state index contributed by atoms with van der Waals surface area (Å²) in [7, 11) is -3.48. The highest BCUT2D eigenvalue weighted by Gasteiger charge is 2.28. The van der Waals surface area contributed by atoms with Gasteiger partial charge in [-0.3, -0.25) is 4.79 Å². The predicted molar refractivity (Wildman–Crippen MR) is 64.3 cm³/mol. The molecule has 6 nitrogen and oxygen atoms in total. The van der Waals surface area contributed by atoms with Crippen molar-refractivity contribution < 1.29 is 23.1 Å². The largest absolute Gasteiger partial charge is 0.481 e. The lowest BCUT2D eigenvalue weighted by Gasteiger charge is -2.19. The number of carbonyl (C=O) groups is 1. The average Bonchev–Trinajstić information content (AvgIpc) is 2.14. The van der Waals surface area contributed by atoms with Gasteiger partial charge in [-0.2, -0.15) is 0 Å². The van der Waals surface area contributed by atoms with E-state index in [0.717, 1.165) is 0 Å². The van der Waals surface area contributed by atoms with Gasteiger partial charge in [0.1, 0.15) is 0 Å². The molecule has 0 heterocycles. The molecule has 0 radical (unpaired) electrons. The number of sulfonamides is 1. The molecule has 0 amide bonds. The number of aliphatic carboxylic acids is 1. The maximum absolute atomic E-state index is 11.5. The normalized spacial score (nSPS) is 13.0. The molecule has 2 N–H and O–H groups in total. The van der Waals surface area contributed by atoms with Gasteiger partial charge in [0.2, 0.25) is 10.0 Å². The fourth-order valence-corrected chi connectivity index (χ4v) is 1.87. The molecule has 0 aromatic heterocycles. The minimum Gasteiger partial charge on any atom is -0.481 e. The van der Waals surface area contributed by atoms with Crippen LogP contribution in [-0.4, -0.2) is 44.5 Å². The lowest BCUT2D eigenvalue weighted by atomic mass is 9.95. The molecule has 102 valence electrons. The zero-order valence-electron chi connectivity index (χ0n) is 10.7. The van der Waals surface area contributed by atoms with Gasteiger partial charge in [-0.15, -0.1) is 0 Å². The number of hydrogen-bond donors (Lipinski definition) is 2. The Morgan fingerprint density at radius 2 is 1.94 bits per heavy atom. The van der Waals surface area contributed by atoms with Crippen LogP contribution in [0.15, 0.2) is 0 Å². The van der Waals surface area contributed by atoms with Crippen molar-refractivity contribution in [3.63, 3.8) is 0 Å². The smallest absolute Gasteiger partial charge is 0.310 e. The van der Waals surface area contributed by atoms with Crippen molar-refractivity contribution in [2.75, 3.05) is 18.9 Å². The molecule has 0 aliphatic rings. The van der Waals surface area contributed by atoms with Gasteiger partial charge < -0.3 is 9.84 Å². The van der Waals surface area contributed by atoms with Gasteiger partial charge in [-0.05, 0) is 27.7 Å². The predicted octanol–water partition coefficient (Wildman–Crippen LogP) is 0.442. The summed E-state index contributed by atoms with van der Waals surface area (Å²) >= 11 is 0. The van der Waals surface area contributed by atoms with E-state index in [1.165, 1.54) is 13.8 Å². The zero-order valence-corrected chi connectivity index (χ0v) is 11.5. The van der Waals surface area contributed by atoms with Crippen molar-refractivity contribution in [2.24, 2.45) is 5.41 Å². The van der Waals surface area contributed by atoms with Gasteiger partial charge in [-0.1, -0.05) is 0 Å². The number of hydrogen-bond acceptors (Lipinski definition) is 4. The van der Waals surface area contributed by atoms with E-state index in [4.69, 9.17) is 9.84 Å². The van der Waals surface area contributed by atoms with Crippen LogP contribution in [-0.2, 0) is 19.6 Å². The molecule has 0 spiro atoms. The van der Waals surface area contributed by atoms with Crippen molar-refractivity contribution in [1.82, 2.24) is 4.72 Å². The first-order chi connectivity index (χ1) is 7.57. The molecule has 0 bridgehead atoms. The van der Waals surface area contributed by atoms with Crippen LogP contribution in [0.3, 0.4) is 0 Å². The van der Waals surface area contributed by atoms with Gasteiger partial charge in [0.15, 0.2) is 0 Å². The highest BCUT2D eigenvalue weighted by atomic mass is 32.2. The van der Waals surface area contributed by atoms with Crippen LogP contribution in [0.4, 0.5) is 0 Å². The minimum atomic E-state index is -3.48. The second kappa shape index (κ2) is 6.32. The van der Waals surface area contributed by atoms with E-state index in [0.29, 0.717) is 0 Å². The molecule has 0 aromatic rings. The number of carboxylic acids is 1. The maximum Gasteiger partial charge on any atom is 0.310 e. The Morgan fingerprint density at radius 3 is 2.35 bits per heavy atom. The van der Waals surface area contributed by atoms with E-state index in [2.05, 4.69) is 4.72 Å². The van der Waals surface area contributed by atoms with Crippen LogP contribution in [0.25, 0.3) is 0 Å². The van der Waals surface area contributed by atoms with E-state index < -0.39 is 21.4 Å². The molecule has 17 heavy (non-hydrogen) atoms. The Hall–Kier alpha value is -0.660. The van der Waals surface area contributed by atoms with Crippen LogP contribution in [0.1, 0.15) is 27.7 Å². The first-order valence-corrected chi connectivity index (χ1v) is 7.04. The van der Waals surface area contributed by atoms with E-state index >= 15 is 0 Å². The van der Waals surface area contributed by atoms with Crippen LogP contribution in [0, 0.1) is 5.41 Å². The van der Waals surface area contributed by atoms with Gasteiger partial charge in [0, 0.05) is 6.54 Å². The fourth-order valence-electron chi connectivity index (χ4n) is 0.832. The maximum atomic E-state index is 11.5. The Bertz CT molecular complexity index is 348. The highest BCUT2D eigenvalue weighted by molar-refractivity contribution is 7.89. The molecular formula is C10H21NO5S. The summed E-state index contributed by atoms with van der Waals surface area (Å²) in [4.78, 5) is 10.8. The molecule has 0 saturated carbocycles. The van der Waals surface area contributed by atoms with Crippen molar-refractivity contribution in [3.05, 3.63) is 0 Å². The van der Waals surface area contributed by atoms with Crippen LogP contribution >= 0.6 is 0 Å². The number of carboxylic acid groups (broad SMARTS) is 1. The van der Waals surface area contributed by atoms with Crippen molar-refractivity contribution in [1.29, 1.82) is 0 Å². The summed E-state index contributed by atoms with van der Waals surface area (Å²) < 4.78 is 30.4. The third kappa shape index (κ3) is 7.30. The molecule has 0 atom stereocenters. The minimum absolute atomic E-state index is 0.0272. The Balaban J connectivity index is 4.15. The molecule has 0 rings (SSSR count). The topological polar surface area (TPSA) is 92.7 Å². The van der Waals surface area contributed by atoms with Crippen LogP contribution in [0.2, 0.25) is 0 Å². The van der Waals surface area contributed by atoms with Gasteiger partial charge in [0.25, 0.3) is 0 Å². The summed E-state index contributed by atoms with van der Waals surface area (Å²) in [5.74, 6) is -1.21. The summed E-state index contributed by atoms with van der Waals surface area (Å²) in [5, 5.41) is 8.83. The molecule has 0 fully saturated rings. The Kier molecular flexibility index (Phi) is 6.08. The lowest BCUT2D eigenvalue weighted by Crippen LogP contribution is -2.40. The third-order valence-corrected chi connectivity index (χ3v) is 3.40. The van der Waals surface area contributed by atoms with Gasteiger partial charge in [0.05, 0.1) is 23.9 Å². The molecule has 0 aliphatic heterocycles. The quantitative estimate of drug-likeness (QED) is 0.665. The highest BCUT2D eigenvalue weighted by Crippen LogP contribution is 2.13. The number of rotatable bonds is 8. The van der Waals surface area contributed by atoms with Crippen molar-refractivity contribution >= 4 is 16.0 Å². The standard InChI is InChI=1S/C10H21NO5S/c1-8(2)16-5-6-17(14,15)11-7-10(3,4)9(12)13/h8,11H,5-7H2,1-4H3,(H,12,13). The summed E-state index contributed by atoms with van der Waals surface area (Å²) in [5.41, 5.74) is -1.12. The van der Waals surface area contributed by atoms with Crippen LogP contribution < -0.4 is 4.72 Å². The van der Waals surface area contributed by atoms with Crippen molar-refractivity contribution in [2.45, 2.75) is 33.8 Å². The summed E-state index contributed by atoms with van der Waals surface area (Å²) in [6, 6.07) is 0. The second-order valence-corrected chi connectivity index (χ2v) is 6.67. The van der Waals surface area contributed by atoms with E-state index in [1.54, 1.807) is 0 Å². The first-order valence-electron chi connectivity index (χ1n) is 5.39. The molecule has 0 saturated heterocycles. The van der Waals surface area contributed by atoms with E-state index in [-0.39, 0.29) is 25.0 Å². The monoisotopic (exact) mass is 267 g/mol. The SMILES string of the molecule is CC(C)OCCS(=O)(=O)NCC(C)(C)C(=O)O. The first kappa shape index (κ1) is 16.3. The van der Waals surface area contributed by atoms with Gasteiger partial charge in [-0.25, -0.2) is 13.1 Å². The number of ether oxygens (including phenoxy) is 1. The number of nitrogens with one attached hydrogen (secondary N) is 1. The third-order valence-electron chi connectivity index (χ3n) is 2.12. The Morgan fingerprint density at radius 1 is 1.41 bits per heavy atom. The lowest BCUT2D eigenvalue weighted by molar-refractivity contribution is -0.146. The molecule has 0 aromatic carbocycles. The summed E-state index contributed by atoms with van der Waals surface area (Å²) in [6.45, 7) is 6.51. The molecule has 0 aliphatic carbocycles. The fraction of sp³-hybridized carbons (Fsp3) is 0.900. The molecule has 7 heteroatoms. The average molecular weight is 267 g/mol. The second-order valence-electron chi connectivity index (χ2n) is 4.75. The summed E-state index contributed by atoms with van der Waals surface area (Å²) in [6.07, 6.45) is -0.0272. The van der Waals surface area contributed by atoms with Crippen molar-refractivity contribution in [3.8, 4) is 0 Å². The Labute approximate surface area is 102 Å². The molecular weight excluding hydrogens is 246 g/mol.